The van der Waals surface area contributed by atoms with E-state index < -0.39 is 30.0 Å². The van der Waals surface area contributed by atoms with E-state index in [9.17, 15) is 27.6 Å². The fourth-order valence-corrected chi connectivity index (χ4v) is 3.34. The van der Waals surface area contributed by atoms with Gasteiger partial charge in [-0.1, -0.05) is 12.1 Å². The summed E-state index contributed by atoms with van der Waals surface area (Å²) in [4.78, 5) is 40.4. The van der Waals surface area contributed by atoms with E-state index >= 15 is 0 Å². The van der Waals surface area contributed by atoms with Crippen LogP contribution in [0.3, 0.4) is 0 Å². The maximum absolute atomic E-state index is 13.0. The van der Waals surface area contributed by atoms with Crippen molar-refractivity contribution in [2.24, 2.45) is 0 Å². The number of hydrogen-bond donors (Lipinski definition) is 1. The van der Waals surface area contributed by atoms with Gasteiger partial charge in [-0.25, -0.2) is 0 Å². The number of nitrogens with one attached hydrogen (secondary N) is 1. The van der Waals surface area contributed by atoms with Crippen molar-refractivity contribution in [1.82, 2.24) is 4.90 Å². The van der Waals surface area contributed by atoms with Gasteiger partial charge in [0.25, 0.3) is 5.91 Å². The SMILES string of the molecule is CC1CC(=O)Nc2ccccc2N1C(=O)CN(C)C(=O)c1ccc(OC(F)(F)F)cc1. The third-order valence-corrected chi connectivity index (χ3v) is 4.68. The molecule has 0 bridgehead atoms. The first-order valence-electron chi connectivity index (χ1n) is 9.37. The second-order valence-corrected chi connectivity index (χ2v) is 7.12. The van der Waals surface area contributed by atoms with Crippen LogP contribution in [0.2, 0.25) is 0 Å². The van der Waals surface area contributed by atoms with Crippen molar-refractivity contribution >= 4 is 29.1 Å². The molecule has 0 radical (unpaired) electrons. The van der Waals surface area contributed by atoms with E-state index in [4.69, 9.17) is 0 Å². The van der Waals surface area contributed by atoms with Gasteiger partial charge >= 0.3 is 6.36 Å². The zero-order chi connectivity index (χ0) is 22.8. The van der Waals surface area contributed by atoms with Crippen molar-refractivity contribution < 1.29 is 32.3 Å². The molecule has 10 heteroatoms. The zero-order valence-corrected chi connectivity index (χ0v) is 16.8. The highest BCUT2D eigenvalue weighted by Crippen LogP contribution is 2.31. The Morgan fingerprint density at radius 1 is 1.16 bits per heavy atom. The van der Waals surface area contributed by atoms with Crippen LogP contribution < -0.4 is 15.0 Å². The van der Waals surface area contributed by atoms with Crippen molar-refractivity contribution in [1.29, 1.82) is 0 Å². The third-order valence-electron chi connectivity index (χ3n) is 4.68. The van der Waals surface area contributed by atoms with Gasteiger partial charge in [0.15, 0.2) is 0 Å². The molecule has 3 rings (SSSR count). The molecule has 2 aromatic rings. The van der Waals surface area contributed by atoms with E-state index in [0.717, 1.165) is 17.0 Å². The normalized spacial score (nSPS) is 16.1. The minimum absolute atomic E-state index is 0.0960. The molecule has 1 unspecified atom stereocenters. The molecule has 0 saturated heterocycles. The van der Waals surface area contributed by atoms with Gasteiger partial charge in [-0.15, -0.1) is 13.2 Å². The molecular weight excluding hydrogens is 415 g/mol. The highest BCUT2D eigenvalue weighted by Gasteiger charge is 2.32. The number of nitrogens with zero attached hydrogens (tertiary/aromatic N) is 2. The first-order valence-corrected chi connectivity index (χ1v) is 9.37. The molecule has 1 aliphatic rings. The standard InChI is InChI=1S/C21H20F3N3O4/c1-13-11-18(28)25-16-5-3-4-6-17(16)27(13)19(29)12-26(2)20(30)14-7-9-15(10-8-14)31-21(22,23)24/h3-10,13H,11-12H2,1-2H3,(H,25,28). The second-order valence-electron chi connectivity index (χ2n) is 7.12. The molecule has 1 heterocycles. The van der Waals surface area contributed by atoms with Crippen LogP contribution in [-0.2, 0) is 9.59 Å². The van der Waals surface area contributed by atoms with Crippen LogP contribution in [0.5, 0.6) is 5.75 Å². The van der Waals surface area contributed by atoms with E-state index in [2.05, 4.69) is 10.1 Å². The average Bonchev–Trinajstić information content (AvgIpc) is 2.80. The molecule has 0 spiro atoms. The molecule has 0 aromatic heterocycles. The molecule has 7 nitrogen and oxygen atoms in total. The lowest BCUT2D eigenvalue weighted by atomic mass is 10.1. The summed E-state index contributed by atoms with van der Waals surface area (Å²) < 4.78 is 40.6. The van der Waals surface area contributed by atoms with Crippen molar-refractivity contribution in [3.63, 3.8) is 0 Å². The fourth-order valence-electron chi connectivity index (χ4n) is 3.34. The van der Waals surface area contributed by atoms with E-state index in [-0.39, 0.29) is 24.4 Å². The Kier molecular flexibility index (Phi) is 6.19. The van der Waals surface area contributed by atoms with E-state index in [1.54, 1.807) is 31.2 Å². The lowest BCUT2D eigenvalue weighted by Gasteiger charge is -2.29. The molecule has 1 atom stereocenters. The van der Waals surface area contributed by atoms with Gasteiger partial charge < -0.3 is 19.9 Å². The minimum atomic E-state index is -4.83. The topological polar surface area (TPSA) is 79.0 Å². The molecule has 0 fully saturated rings. The van der Waals surface area contributed by atoms with Crippen molar-refractivity contribution in [2.75, 3.05) is 23.8 Å². The Bertz CT molecular complexity index is 992. The number of benzene rings is 2. The van der Waals surface area contributed by atoms with Crippen LogP contribution in [0, 0.1) is 0 Å². The van der Waals surface area contributed by atoms with Gasteiger partial charge in [-0.3, -0.25) is 14.4 Å². The Balaban J connectivity index is 1.74. The lowest BCUT2D eigenvalue weighted by Crippen LogP contribution is -2.45. The number of carbonyl (C=O) groups is 3. The first kappa shape index (κ1) is 22.1. The Morgan fingerprint density at radius 2 is 1.81 bits per heavy atom. The van der Waals surface area contributed by atoms with Gasteiger partial charge in [0, 0.05) is 25.1 Å². The number of hydrogen-bond acceptors (Lipinski definition) is 4. The number of alkyl halides is 3. The molecule has 0 saturated carbocycles. The van der Waals surface area contributed by atoms with E-state index in [0.29, 0.717) is 11.4 Å². The van der Waals surface area contributed by atoms with Gasteiger partial charge in [0.05, 0.1) is 11.4 Å². The van der Waals surface area contributed by atoms with Crippen molar-refractivity contribution in [3.8, 4) is 5.75 Å². The number of amides is 3. The van der Waals surface area contributed by atoms with Crippen LogP contribution in [0.4, 0.5) is 24.5 Å². The maximum Gasteiger partial charge on any atom is 0.573 e. The molecule has 1 aliphatic heterocycles. The number of rotatable bonds is 4. The van der Waals surface area contributed by atoms with E-state index in [1.165, 1.54) is 24.1 Å². The molecule has 31 heavy (non-hydrogen) atoms. The van der Waals surface area contributed by atoms with Gasteiger partial charge in [0.1, 0.15) is 12.3 Å². The first-order chi connectivity index (χ1) is 14.5. The molecule has 3 amide bonds. The summed E-state index contributed by atoms with van der Waals surface area (Å²) in [6, 6.07) is 10.9. The molecule has 0 aliphatic carbocycles. The van der Waals surface area contributed by atoms with Gasteiger partial charge in [-0.05, 0) is 43.3 Å². The summed E-state index contributed by atoms with van der Waals surface area (Å²) in [5, 5.41) is 2.76. The van der Waals surface area contributed by atoms with Crippen LogP contribution >= 0.6 is 0 Å². The third kappa shape index (κ3) is 5.33. The summed E-state index contributed by atoms with van der Waals surface area (Å²) in [6.07, 6.45) is -4.73. The molecule has 164 valence electrons. The number of likely N-dealkylation sites (N-methyl/N-ethyl adjacent to an activating group) is 1. The quantitative estimate of drug-likeness (QED) is 0.798. The minimum Gasteiger partial charge on any atom is -0.406 e. The summed E-state index contributed by atoms with van der Waals surface area (Å²) in [6.45, 7) is 1.45. The summed E-state index contributed by atoms with van der Waals surface area (Å²) in [5.74, 6) is -1.61. The van der Waals surface area contributed by atoms with Crippen molar-refractivity contribution in [3.05, 3.63) is 54.1 Å². The predicted molar refractivity (Wildman–Crippen MR) is 107 cm³/mol. The lowest BCUT2D eigenvalue weighted by molar-refractivity contribution is -0.274. The second kappa shape index (κ2) is 8.66. The van der Waals surface area contributed by atoms with Crippen LogP contribution in [0.15, 0.2) is 48.5 Å². The van der Waals surface area contributed by atoms with Gasteiger partial charge in [0.2, 0.25) is 11.8 Å². The van der Waals surface area contributed by atoms with Crippen LogP contribution in [-0.4, -0.2) is 48.6 Å². The summed E-state index contributed by atoms with van der Waals surface area (Å²) in [5.41, 5.74) is 1.13. The van der Waals surface area contributed by atoms with E-state index in [1.807, 2.05) is 0 Å². The highest BCUT2D eigenvalue weighted by molar-refractivity contribution is 6.06. The number of carbonyl (C=O) groups excluding carboxylic acids is 3. The van der Waals surface area contributed by atoms with Gasteiger partial charge in [-0.2, -0.15) is 0 Å². The number of ether oxygens (including phenoxy) is 1. The monoisotopic (exact) mass is 435 g/mol. The number of anilines is 2. The highest BCUT2D eigenvalue weighted by atomic mass is 19.4. The van der Waals surface area contributed by atoms with Crippen LogP contribution in [0.1, 0.15) is 23.7 Å². The molecule has 1 N–H and O–H groups in total. The van der Waals surface area contributed by atoms with Crippen LogP contribution in [0.25, 0.3) is 0 Å². The Morgan fingerprint density at radius 3 is 2.45 bits per heavy atom. The fraction of sp³-hybridized carbons (Fsp3) is 0.286. The largest absolute Gasteiger partial charge is 0.573 e. The molecular formula is C21H20F3N3O4. The number of para-hydroxylation sites is 2. The van der Waals surface area contributed by atoms with Crippen molar-refractivity contribution in [2.45, 2.75) is 25.7 Å². The molecule has 2 aromatic carbocycles. The number of fused-ring (bicyclic) bond motifs is 1. The predicted octanol–water partition coefficient (Wildman–Crippen LogP) is 3.42. The summed E-state index contributed by atoms with van der Waals surface area (Å²) >= 11 is 0. The maximum atomic E-state index is 13.0. The summed E-state index contributed by atoms with van der Waals surface area (Å²) in [7, 11) is 1.41. The zero-order valence-electron chi connectivity index (χ0n) is 16.8. The smallest absolute Gasteiger partial charge is 0.406 e. The Hall–Kier alpha value is -3.56. The number of halogens is 3. The average molecular weight is 435 g/mol. The Labute approximate surface area is 176 Å².